The molecular weight excluding hydrogens is 340 g/mol. The number of aryl methyl sites for hydroxylation is 1. The van der Waals surface area contributed by atoms with Crippen molar-refractivity contribution >= 4 is 11.9 Å². The van der Waals surface area contributed by atoms with Crippen molar-refractivity contribution in [2.75, 3.05) is 57.8 Å². The molecule has 0 radical (unpaired) electrons. The topological polar surface area (TPSA) is 55.8 Å². The molecule has 1 aromatic heterocycles. The number of anilines is 1. The van der Waals surface area contributed by atoms with Crippen molar-refractivity contribution in [1.29, 1.82) is 0 Å². The molecule has 3 saturated heterocycles. The molecule has 3 aliphatic rings. The van der Waals surface area contributed by atoms with Gasteiger partial charge in [0.2, 0.25) is 5.95 Å². The van der Waals surface area contributed by atoms with Crippen LogP contribution in [0.15, 0.2) is 6.20 Å². The SMILES string of the molecule is Cc1nc(N2CCN(C)CC2)ncc1C(=O)N1CC(N2CCCC[C@H]2C)C1. The molecule has 0 unspecified atom stereocenters. The number of likely N-dealkylation sites (N-methyl/N-ethyl adjacent to an activating group) is 1. The standard InChI is InChI=1S/C20H32N6O/c1-15-6-4-5-7-26(15)17-13-25(14-17)19(27)18-12-21-20(22-16(18)2)24-10-8-23(3)9-11-24/h12,15,17H,4-11,13-14H2,1-3H3/t15-/m1/s1. The summed E-state index contributed by atoms with van der Waals surface area (Å²) in [5.41, 5.74) is 1.44. The van der Waals surface area contributed by atoms with Crippen molar-refractivity contribution in [3.63, 3.8) is 0 Å². The third-order valence-corrected chi connectivity index (χ3v) is 6.46. The van der Waals surface area contributed by atoms with Gasteiger partial charge in [-0.3, -0.25) is 9.69 Å². The Balaban J connectivity index is 1.37. The van der Waals surface area contributed by atoms with Gasteiger partial charge in [-0.1, -0.05) is 6.42 Å². The third kappa shape index (κ3) is 3.80. The monoisotopic (exact) mass is 372 g/mol. The summed E-state index contributed by atoms with van der Waals surface area (Å²) < 4.78 is 0. The normalized spacial score (nSPS) is 25.5. The van der Waals surface area contributed by atoms with Gasteiger partial charge in [-0.05, 0) is 40.3 Å². The molecule has 0 aliphatic carbocycles. The molecule has 3 aliphatic heterocycles. The maximum Gasteiger partial charge on any atom is 0.257 e. The quantitative estimate of drug-likeness (QED) is 0.796. The van der Waals surface area contributed by atoms with Crippen LogP contribution in [0.25, 0.3) is 0 Å². The first-order valence-corrected chi connectivity index (χ1v) is 10.3. The van der Waals surface area contributed by atoms with Crippen molar-refractivity contribution in [1.82, 2.24) is 24.7 Å². The molecule has 1 atom stereocenters. The van der Waals surface area contributed by atoms with Crippen LogP contribution in [0.3, 0.4) is 0 Å². The van der Waals surface area contributed by atoms with Crippen LogP contribution in [0, 0.1) is 6.92 Å². The largest absolute Gasteiger partial charge is 0.338 e. The number of amides is 1. The third-order valence-electron chi connectivity index (χ3n) is 6.46. The smallest absolute Gasteiger partial charge is 0.257 e. The van der Waals surface area contributed by atoms with Gasteiger partial charge >= 0.3 is 0 Å². The molecule has 3 fully saturated rings. The average molecular weight is 373 g/mol. The Labute approximate surface area is 162 Å². The molecule has 1 aromatic rings. The predicted molar refractivity (Wildman–Crippen MR) is 106 cm³/mol. The van der Waals surface area contributed by atoms with Crippen molar-refractivity contribution in [2.24, 2.45) is 0 Å². The van der Waals surface area contributed by atoms with Gasteiger partial charge < -0.3 is 14.7 Å². The lowest BCUT2D eigenvalue weighted by Crippen LogP contribution is -2.63. The van der Waals surface area contributed by atoms with Gasteiger partial charge in [0.25, 0.3) is 5.91 Å². The van der Waals surface area contributed by atoms with Gasteiger partial charge in [0.1, 0.15) is 0 Å². The van der Waals surface area contributed by atoms with E-state index in [0.29, 0.717) is 17.6 Å². The van der Waals surface area contributed by atoms with E-state index in [4.69, 9.17) is 0 Å². The Morgan fingerprint density at radius 1 is 1.11 bits per heavy atom. The Hall–Kier alpha value is -1.73. The van der Waals surface area contributed by atoms with Gasteiger partial charge in [-0.25, -0.2) is 9.97 Å². The molecule has 7 heteroatoms. The number of nitrogens with zero attached hydrogens (tertiary/aromatic N) is 6. The highest BCUT2D eigenvalue weighted by Crippen LogP contribution is 2.26. The fraction of sp³-hybridized carbons (Fsp3) is 0.750. The molecule has 4 rings (SSSR count). The fourth-order valence-electron chi connectivity index (χ4n) is 4.49. The second-order valence-corrected chi connectivity index (χ2v) is 8.41. The Bertz CT molecular complexity index is 681. The molecular formula is C20H32N6O. The summed E-state index contributed by atoms with van der Waals surface area (Å²) in [6.45, 7) is 11.0. The van der Waals surface area contributed by atoms with Gasteiger partial charge in [-0.15, -0.1) is 0 Å². The van der Waals surface area contributed by atoms with Crippen molar-refractivity contribution in [2.45, 2.75) is 45.2 Å². The molecule has 148 valence electrons. The van der Waals surface area contributed by atoms with Crippen LogP contribution in [0.5, 0.6) is 0 Å². The Morgan fingerprint density at radius 3 is 2.52 bits per heavy atom. The molecule has 1 amide bonds. The van der Waals surface area contributed by atoms with Crippen molar-refractivity contribution in [3.8, 4) is 0 Å². The summed E-state index contributed by atoms with van der Waals surface area (Å²) in [5.74, 6) is 0.833. The molecule has 0 saturated carbocycles. The van der Waals surface area contributed by atoms with Crippen LogP contribution < -0.4 is 4.90 Å². The number of piperidine rings is 1. The fourth-order valence-corrected chi connectivity index (χ4v) is 4.49. The predicted octanol–water partition coefficient (Wildman–Crippen LogP) is 1.24. The summed E-state index contributed by atoms with van der Waals surface area (Å²) in [7, 11) is 2.14. The van der Waals surface area contributed by atoms with Crippen LogP contribution in [0.4, 0.5) is 5.95 Å². The Morgan fingerprint density at radius 2 is 1.85 bits per heavy atom. The van der Waals surface area contributed by atoms with Crippen LogP contribution >= 0.6 is 0 Å². The highest BCUT2D eigenvalue weighted by molar-refractivity contribution is 5.95. The summed E-state index contributed by atoms with van der Waals surface area (Å²) in [4.78, 5) is 31.1. The zero-order valence-electron chi connectivity index (χ0n) is 16.9. The molecule has 0 aromatic carbocycles. The average Bonchev–Trinajstić information content (AvgIpc) is 2.62. The van der Waals surface area contributed by atoms with E-state index in [2.05, 4.69) is 38.6 Å². The van der Waals surface area contributed by atoms with Gasteiger partial charge in [-0.2, -0.15) is 0 Å². The highest BCUT2D eigenvalue weighted by atomic mass is 16.2. The van der Waals surface area contributed by atoms with E-state index in [9.17, 15) is 4.79 Å². The van der Waals surface area contributed by atoms with Crippen LogP contribution in [-0.4, -0.2) is 95.5 Å². The first-order valence-electron chi connectivity index (χ1n) is 10.3. The minimum Gasteiger partial charge on any atom is -0.338 e. The number of piperazine rings is 1. The van der Waals surface area contributed by atoms with Crippen LogP contribution in [0.2, 0.25) is 0 Å². The summed E-state index contributed by atoms with van der Waals surface area (Å²) in [6.07, 6.45) is 5.64. The van der Waals surface area contributed by atoms with Crippen molar-refractivity contribution < 1.29 is 4.79 Å². The maximum atomic E-state index is 12.9. The van der Waals surface area contributed by atoms with Crippen LogP contribution in [-0.2, 0) is 0 Å². The minimum absolute atomic E-state index is 0.0818. The van der Waals surface area contributed by atoms with E-state index in [1.54, 1.807) is 6.20 Å². The first kappa shape index (κ1) is 18.6. The van der Waals surface area contributed by atoms with Crippen molar-refractivity contribution in [3.05, 3.63) is 17.5 Å². The molecule has 0 N–H and O–H groups in total. The number of likely N-dealkylation sites (tertiary alicyclic amines) is 2. The molecule has 4 heterocycles. The summed E-state index contributed by atoms with van der Waals surface area (Å²) >= 11 is 0. The maximum absolute atomic E-state index is 12.9. The number of aromatic nitrogens is 2. The lowest BCUT2D eigenvalue weighted by Gasteiger charge is -2.49. The number of hydrogen-bond donors (Lipinski definition) is 0. The second kappa shape index (κ2) is 7.72. The first-order chi connectivity index (χ1) is 13.0. The molecule has 0 bridgehead atoms. The number of carbonyl (C=O) groups is 1. The van der Waals surface area contributed by atoms with E-state index in [1.807, 2.05) is 11.8 Å². The number of carbonyl (C=O) groups excluding carboxylic acids is 1. The highest BCUT2D eigenvalue weighted by Gasteiger charge is 2.38. The second-order valence-electron chi connectivity index (χ2n) is 8.41. The Kier molecular flexibility index (Phi) is 5.32. The number of rotatable bonds is 3. The van der Waals surface area contributed by atoms with E-state index in [-0.39, 0.29) is 5.91 Å². The number of hydrogen-bond acceptors (Lipinski definition) is 6. The van der Waals surface area contributed by atoms with Gasteiger partial charge in [0.05, 0.1) is 11.3 Å². The minimum atomic E-state index is 0.0818. The van der Waals surface area contributed by atoms with E-state index >= 15 is 0 Å². The molecule has 7 nitrogen and oxygen atoms in total. The van der Waals surface area contributed by atoms with Gasteiger partial charge in [0.15, 0.2) is 0 Å². The lowest BCUT2D eigenvalue weighted by atomic mass is 9.97. The molecule has 27 heavy (non-hydrogen) atoms. The lowest BCUT2D eigenvalue weighted by molar-refractivity contribution is 0.00203. The van der Waals surface area contributed by atoms with Gasteiger partial charge in [0, 0.05) is 57.5 Å². The molecule has 0 spiro atoms. The van der Waals surface area contributed by atoms with Crippen LogP contribution in [0.1, 0.15) is 42.2 Å². The van der Waals surface area contributed by atoms with E-state index in [0.717, 1.165) is 50.9 Å². The van der Waals surface area contributed by atoms with E-state index < -0.39 is 0 Å². The zero-order chi connectivity index (χ0) is 19.0. The van der Waals surface area contributed by atoms with E-state index in [1.165, 1.54) is 25.8 Å². The summed E-state index contributed by atoms with van der Waals surface area (Å²) in [6, 6.07) is 1.17. The summed E-state index contributed by atoms with van der Waals surface area (Å²) in [5, 5.41) is 0. The zero-order valence-corrected chi connectivity index (χ0v) is 16.9.